The number of hydrogen-bond acceptors (Lipinski definition) is 2. The fourth-order valence-electron chi connectivity index (χ4n) is 2.24. The van der Waals surface area contributed by atoms with Gasteiger partial charge in [0.2, 0.25) is 5.91 Å². The first kappa shape index (κ1) is 12.6. The van der Waals surface area contributed by atoms with Crippen molar-refractivity contribution in [3.63, 3.8) is 0 Å². The maximum Gasteiger partial charge on any atom is 0.224 e. The zero-order chi connectivity index (χ0) is 12.3. The molecule has 1 fully saturated rings. The lowest BCUT2D eigenvalue weighted by Crippen LogP contribution is -2.35. The molecular weight excluding hydrogens is 280 g/mol. The van der Waals surface area contributed by atoms with Crippen molar-refractivity contribution in [1.29, 1.82) is 0 Å². The molecular formula is C13H17BrN2O. The first-order chi connectivity index (χ1) is 8.15. The first-order valence-corrected chi connectivity index (χ1v) is 6.73. The van der Waals surface area contributed by atoms with Gasteiger partial charge in [0.25, 0.3) is 0 Å². The molecule has 3 N–H and O–H groups in total. The Bertz CT molecular complexity index is 408. The average Bonchev–Trinajstić information content (AvgIpc) is 2.67. The first-order valence-electron chi connectivity index (χ1n) is 5.93. The van der Waals surface area contributed by atoms with Crippen LogP contribution in [0.25, 0.3) is 0 Å². The molecule has 3 nitrogen and oxygen atoms in total. The van der Waals surface area contributed by atoms with Crippen LogP contribution in [-0.2, 0) is 11.2 Å². The van der Waals surface area contributed by atoms with Gasteiger partial charge in [-0.05, 0) is 30.9 Å². The van der Waals surface area contributed by atoms with E-state index in [1.807, 2.05) is 24.3 Å². The van der Waals surface area contributed by atoms with E-state index in [9.17, 15) is 4.79 Å². The van der Waals surface area contributed by atoms with Crippen LogP contribution < -0.4 is 11.1 Å². The van der Waals surface area contributed by atoms with E-state index in [0.29, 0.717) is 6.42 Å². The number of halogens is 1. The number of benzene rings is 1. The summed E-state index contributed by atoms with van der Waals surface area (Å²) in [5, 5.41) is 3.05. The maximum atomic E-state index is 11.9. The third kappa shape index (κ3) is 3.54. The second kappa shape index (κ2) is 5.65. The highest BCUT2D eigenvalue weighted by Gasteiger charge is 2.23. The summed E-state index contributed by atoms with van der Waals surface area (Å²) >= 11 is 3.45. The number of carbonyl (C=O) groups excluding carboxylic acids is 1. The lowest BCUT2D eigenvalue weighted by Gasteiger charge is -2.12. The molecule has 2 unspecified atom stereocenters. The summed E-state index contributed by atoms with van der Waals surface area (Å²) in [6.07, 6.45) is 3.34. The number of carbonyl (C=O) groups is 1. The molecule has 17 heavy (non-hydrogen) atoms. The Morgan fingerprint density at radius 2 is 2.18 bits per heavy atom. The summed E-state index contributed by atoms with van der Waals surface area (Å²) in [4.78, 5) is 11.9. The van der Waals surface area contributed by atoms with E-state index in [0.717, 1.165) is 29.3 Å². The normalized spacial score (nSPS) is 23.6. The van der Waals surface area contributed by atoms with Crippen LogP contribution in [0.1, 0.15) is 24.8 Å². The summed E-state index contributed by atoms with van der Waals surface area (Å²) in [6, 6.07) is 8.32. The van der Waals surface area contributed by atoms with Crippen LogP contribution in [0.3, 0.4) is 0 Å². The van der Waals surface area contributed by atoms with E-state index >= 15 is 0 Å². The minimum atomic E-state index is 0.0796. The van der Waals surface area contributed by atoms with E-state index in [1.165, 1.54) is 0 Å². The van der Waals surface area contributed by atoms with E-state index in [2.05, 4.69) is 21.2 Å². The van der Waals surface area contributed by atoms with Crippen LogP contribution in [0.15, 0.2) is 28.7 Å². The average molecular weight is 297 g/mol. The minimum absolute atomic E-state index is 0.0796. The van der Waals surface area contributed by atoms with Gasteiger partial charge in [-0.15, -0.1) is 0 Å². The number of hydrogen-bond donors (Lipinski definition) is 2. The highest BCUT2D eigenvalue weighted by molar-refractivity contribution is 9.10. The topological polar surface area (TPSA) is 55.1 Å². The molecule has 2 rings (SSSR count). The molecule has 92 valence electrons. The summed E-state index contributed by atoms with van der Waals surface area (Å²) in [6.45, 7) is 0. The number of amides is 1. The zero-order valence-electron chi connectivity index (χ0n) is 9.66. The Morgan fingerprint density at radius 3 is 2.82 bits per heavy atom. The Kier molecular flexibility index (Phi) is 4.18. The van der Waals surface area contributed by atoms with Crippen molar-refractivity contribution < 1.29 is 4.79 Å². The third-order valence-electron chi connectivity index (χ3n) is 3.15. The molecule has 2 atom stereocenters. The lowest BCUT2D eigenvalue weighted by molar-refractivity contribution is -0.121. The quantitative estimate of drug-likeness (QED) is 0.896. The van der Waals surface area contributed by atoms with Gasteiger partial charge in [-0.3, -0.25) is 4.79 Å². The molecule has 0 aliphatic heterocycles. The van der Waals surface area contributed by atoms with Crippen LogP contribution in [0.5, 0.6) is 0 Å². The van der Waals surface area contributed by atoms with Crippen molar-refractivity contribution in [3.05, 3.63) is 34.3 Å². The summed E-state index contributed by atoms with van der Waals surface area (Å²) in [5.74, 6) is 0.0796. The van der Waals surface area contributed by atoms with E-state index in [1.54, 1.807) is 0 Å². The minimum Gasteiger partial charge on any atom is -0.353 e. The Balaban J connectivity index is 1.87. The van der Waals surface area contributed by atoms with Gasteiger partial charge >= 0.3 is 0 Å². The highest BCUT2D eigenvalue weighted by atomic mass is 79.9. The van der Waals surface area contributed by atoms with Gasteiger partial charge in [0.05, 0.1) is 6.42 Å². The van der Waals surface area contributed by atoms with E-state index in [4.69, 9.17) is 5.73 Å². The highest BCUT2D eigenvalue weighted by Crippen LogP contribution is 2.19. The number of nitrogens with one attached hydrogen (secondary N) is 1. The van der Waals surface area contributed by atoms with Gasteiger partial charge in [0.1, 0.15) is 0 Å². The van der Waals surface area contributed by atoms with Gasteiger partial charge in [0, 0.05) is 16.6 Å². The number of rotatable bonds is 3. The lowest BCUT2D eigenvalue weighted by atomic mass is 10.1. The molecule has 1 saturated carbocycles. The standard InChI is InChI=1S/C13H17BrN2O/c14-12-4-2-1-3-9(12)7-13(17)16-11-6-5-10(15)8-11/h1-4,10-11H,5-8,15H2,(H,16,17). The van der Waals surface area contributed by atoms with Gasteiger partial charge in [-0.25, -0.2) is 0 Å². The number of nitrogens with two attached hydrogens (primary N) is 1. The Labute approximate surface area is 110 Å². The predicted molar refractivity (Wildman–Crippen MR) is 71.6 cm³/mol. The van der Waals surface area contributed by atoms with Crippen LogP contribution in [-0.4, -0.2) is 18.0 Å². The molecule has 4 heteroatoms. The molecule has 1 aliphatic carbocycles. The van der Waals surface area contributed by atoms with Gasteiger partial charge < -0.3 is 11.1 Å². The molecule has 0 saturated heterocycles. The SMILES string of the molecule is NC1CCC(NC(=O)Cc2ccccc2Br)C1. The van der Waals surface area contributed by atoms with Gasteiger partial charge in [0.15, 0.2) is 0 Å². The molecule has 0 aromatic heterocycles. The molecule has 0 spiro atoms. The second-order valence-corrected chi connectivity index (χ2v) is 5.46. The Morgan fingerprint density at radius 1 is 1.41 bits per heavy atom. The van der Waals surface area contributed by atoms with Crippen LogP contribution in [0.2, 0.25) is 0 Å². The molecule has 1 amide bonds. The largest absolute Gasteiger partial charge is 0.353 e. The summed E-state index contributed by atoms with van der Waals surface area (Å²) in [7, 11) is 0. The molecule has 0 heterocycles. The van der Waals surface area contributed by atoms with Crippen molar-refractivity contribution in [2.75, 3.05) is 0 Å². The maximum absolute atomic E-state index is 11.9. The molecule has 1 aromatic rings. The third-order valence-corrected chi connectivity index (χ3v) is 3.92. The zero-order valence-corrected chi connectivity index (χ0v) is 11.2. The fourth-order valence-corrected chi connectivity index (χ4v) is 2.67. The second-order valence-electron chi connectivity index (χ2n) is 4.61. The van der Waals surface area contributed by atoms with Gasteiger partial charge in [-0.1, -0.05) is 34.1 Å². The van der Waals surface area contributed by atoms with Crippen molar-refractivity contribution in [1.82, 2.24) is 5.32 Å². The van der Waals surface area contributed by atoms with Gasteiger partial charge in [-0.2, -0.15) is 0 Å². The molecule has 1 aliphatic rings. The van der Waals surface area contributed by atoms with E-state index < -0.39 is 0 Å². The summed E-state index contributed by atoms with van der Waals surface area (Å²) in [5.41, 5.74) is 6.84. The van der Waals surface area contributed by atoms with Crippen molar-refractivity contribution in [2.24, 2.45) is 5.73 Å². The van der Waals surface area contributed by atoms with Crippen LogP contribution in [0, 0.1) is 0 Å². The van der Waals surface area contributed by atoms with E-state index in [-0.39, 0.29) is 18.0 Å². The molecule has 1 aromatic carbocycles. The predicted octanol–water partition coefficient (Wildman–Crippen LogP) is 1.99. The van der Waals surface area contributed by atoms with Crippen molar-refractivity contribution >= 4 is 21.8 Å². The fraction of sp³-hybridized carbons (Fsp3) is 0.462. The molecule has 0 bridgehead atoms. The van der Waals surface area contributed by atoms with Crippen molar-refractivity contribution in [2.45, 2.75) is 37.8 Å². The monoisotopic (exact) mass is 296 g/mol. The smallest absolute Gasteiger partial charge is 0.224 e. The summed E-state index contributed by atoms with van der Waals surface area (Å²) < 4.78 is 0.985. The Hall–Kier alpha value is -0.870. The van der Waals surface area contributed by atoms with Crippen molar-refractivity contribution in [3.8, 4) is 0 Å². The van der Waals surface area contributed by atoms with Crippen LogP contribution >= 0.6 is 15.9 Å². The molecule has 0 radical (unpaired) electrons. The van der Waals surface area contributed by atoms with Crippen LogP contribution in [0.4, 0.5) is 0 Å².